The highest BCUT2D eigenvalue weighted by Gasteiger charge is 2.29. The van der Waals surface area contributed by atoms with E-state index in [1.807, 2.05) is 37.3 Å². The van der Waals surface area contributed by atoms with E-state index in [9.17, 15) is 18.0 Å². The molecule has 0 saturated heterocycles. The lowest BCUT2D eigenvalue weighted by Gasteiger charge is -2.20. The van der Waals surface area contributed by atoms with Crippen molar-refractivity contribution in [2.45, 2.75) is 19.6 Å². The SMILES string of the molecule is CCN(Cc1ccccc1)C(=O)c1ccc(Nc2ccc(C(F)(F)F)cc2)cn1. The van der Waals surface area contributed by atoms with Crippen molar-refractivity contribution in [1.29, 1.82) is 0 Å². The van der Waals surface area contributed by atoms with Crippen LogP contribution in [0.25, 0.3) is 0 Å². The Hall–Kier alpha value is -3.35. The number of amides is 1. The quantitative estimate of drug-likeness (QED) is 0.595. The number of rotatable bonds is 6. The third kappa shape index (κ3) is 5.34. The number of nitrogens with zero attached hydrogens (tertiary/aromatic N) is 2. The highest BCUT2D eigenvalue weighted by atomic mass is 19.4. The smallest absolute Gasteiger partial charge is 0.354 e. The molecule has 1 N–H and O–H groups in total. The second-order valence-electron chi connectivity index (χ2n) is 6.44. The molecule has 29 heavy (non-hydrogen) atoms. The Morgan fingerprint density at radius 3 is 2.17 bits per heavy atom. The second-order valence-corrected chi connectivity index (χ2v) is 6.44. The summed E-state index contributed by atoms with van der Waals surface area (Å²) in [6.07, 6.45) is -2.88. The van der Waals surface area contributed by atoms with Gasteiger partial charge in [-0.15, -0.1) is 0 Å². The lowest BCUT2D eigenvalue weighted by atomic mass is 10.2. The van der Waals surface area contributed by atoms with Gasteiger partial charge in [-0.25, -0.2) is 4.98 Å². The Kier molecular flexibility index (Phi) is 6.16. The van der Waals surface area contributed by atoms with Gasteiger partial charge in [0.15, 0.2) is 0 Å². The zero-order chi connectivity index (χ0) is 20.9. The summed E-state index contributed by atoms with van der Waals surface area (Å²) in [7, 11) is 0. The topological polar surface area (TPSA) is 45.2 Å². The molecule has 3 aromatic rings. The Balaban J connectivity index is 1.66. The molecule has 0 bridgehead atoms. The number of benzene rings is 2. The lowest BCUT2D eigenvalue weighted by Crippen LogP contribution is -2.30. The molecular weight excluding hydrogens is 379 g/mol. The van der Waals surface area contributed by atoms with Crippen LogP contribution in [-0.4, -0.2) is 22.3 Å². The molecule has 0 fully saturated rings. The van der Waals surface area contributed by atoms with Gasteiger partial charge in [0, 0.05) is 18.8 Å². The normalized spacial score (nSPS) is 11.2. The summed E-state index contributed by atoms with van der Waals surface area (Å²) < 4.78 is 37.9. The molecule has 2 aromatic carbocycles. The molecule has 0 saturated carbocycles. The summed E-state index contributed by atoms with van der Waals surface area (Å²) in [5.74, 6) is -0.183. The van der Waals surface area contributed by atoms with Crippen LogP contribution in [-0.2, 0) is 12.7 Å². The number of alkyl halides is 3. The van der Waals surface area contributed by atoms with E-state index in [-0.39, 0.29) is 5.91 Å². The van der Waals surface area contributed by atoms with Gasteiger partial charge in [-0.2, -0.15) is 13.2 Å². The Morgan fingerprint density at radius 1 is 0.966 bits per heavy atom. The molecule has 4 nitrogen and oxygen atoms in total. The molecule has 0 unspecified atom stereocenters. The average Bonchev–Trinajstić information content (AvgIpc) is 2.72. The molecule has 0 aliphatic rings. The number of anilines is 2. The average molecular weight is 399 g/mol. The van der Waals surface area contributed by atoms with Crippen LogP contribution in [0.5, 0.6) is 0 Å². The highest BCUT2D eigenvalue weighted by Crippen LogP contribution is 2.30. The summed E-state index contributed by atoms with van der Waals surface area (Å²) in [6, 6.07) is 17.7. The van der Waals surface area contributed by atoms with Crippen molar-refractivity contribution < 1.29 is 18.0 Å². The maximum Gasteiger partial charge on any atom is 0.416 e. The van der Waals surface area contributed by atoms with Crippen LogP contribution in [0.15, 0.2) is 72.9 Å². The number of halogens is 3. The predicted octanol–water partition coefficient (Wildman–Crippen LogP) is 5.51. The van der Waals surface area contributed by atoms with E-state index in [4.69, 9.17) is 0 Å². The minimum atomic E-state index is -4.37. The van der Waals surface area contributed by atoms with Crippen molar-refractivity contribution in [2.75, 3.05) is 11.9 Å². The zero-order valence-electron chi connectivity index (χ0n) is 15.8. The molecular formula is C22H20F3N3O. The van der Waals surface area contributed by atoms with Gasteiger partial charge in [0.2, 0.25) is 0 Å². The summed E-state index contributed by atoms with van der Waals surface area (Å²) >= 11 is 0. The van der Waals surface area contributed by atoms with Crippen molar-refractivity contribution in [3.05, 3.63) is 89.7 Å². The first-order valence-corrected chi connectivity index (χ1v) is 9.10. The molecule has 0 radical (unpaired) electrons. The van der Waals surface area contributed by atoms with Crippen LogP contribution in [0.3, 0.4) is 0 Å². The molecule has 7 heteroatoms. The van der Waals surface area contributed by atoms with E-state index in [1.165, 1.54) is 18.3 Å². The van der Waals surface area contributed by atoms with Gasteiger partial charge < -0.3 is 10.2 Å². The molecule has 0 atom stereocenters. The number of pyridine rings is 1. The molecule has 1 amide bonds. The van der Waals surface area contributed by atoms with Gasteiger partial charge in [-0.3, -0.25) is 4.79 Å². The number of carbonyl (C=O) groups excluding carboxylic acids is 1. The van der Waals surface area contributed by atoms with Crippen LogP contribution in [0, 0.1) is 0 Å². The Morgan fingerprint density at radius 2 is 1.62 bits per heavy atom. The summed E-state index contributed by atoms with van der Waals surface area (Å²) in [6.45, 7) is 2.94. The van der Waals surface area contributed by atoms with E-state index in [2.05, 4.69) is 10.3 Å². The summed E-state index contributed by atoms with van der Waals surface area (Å²) in [4.78, 5) is 18.6. The largest absolute Gasteiger partial charge is 0.416 e. The van der Waals surface area contributed by atoms with Gasteiger partial charge in [-0.1, -0.05) is 30.3 Å². The minimum Gasteiger partial charge on any atom is -0.354 e. The zero-order valence-corrected chi connectivity index (χ0v) is 15.8. The fourth-order valence-electron chi connectivity index (χ4n) is 2.80. The monoisotopic (exact) mass is 399 g/mol. The van der Waals surface area contributed by atoms with Crippen molar-refractivity contribution >= 4 is 17.3 Å². The van der Waals surface area contributed by atoms with Crippen LogP contribution in [0.4, 0.5) is 24.5 Å². The minimum absolute atomic E-state index is 0.183. The van der Waals surface area contributed by atoms with Gasteiger partial charge in [-0.05, 0) is 48.9 Å². The number of nitrogens with one attached hydrogen (secondary N) is 1. The number of hydrogen-bond donors (Lipinski definition) is 1. The van der Waals surface area contributed by atoms with Crippen molar-refractivity contribution in [3.8, 4) is 0 Å². The van der Waals surface area contributed by atoms with E-state index in [1.54, 1.807) is 17.0 Å². The van der Waals surface area contributed by atoms with Gasteiger partial charge in [0.05, 0.1) is 17.4 Å². The predicted molar refractivity (Wildman–Crippen MR) is 106 cm³/mol. The third-order valence-electron chi connectivity index (χ3n) is 4.37. The van der Waals surface area contributed by atoms with Gasteiger partial charge >= 0.3 is 6.18 Å². The molecule has 3 rings (SSSR count). The molecule has 0 aliphatic heterocycles. The molecule has 0 spiro atoms. The van der Waals surface area contributed by atoms with E-state index in [0.717, 1.165) is 17.7 Å². The van der Waals surface area contributed by atoms with Crippen molar-refractivity contribution in [3.63, 3.8) is 0 Å². The summed E-state index contributed by atoms with van der Waals surface area (Å²) in [5, 5.41) is 2.98. The Bertz CT molecular complexity index is 940. The van der Waals surface area contributed by atoms with Crippen molar-refractivity contribution in [1.82, 2.24) is 9.88 Å². The highest BCUT2D eigenvalue weighted by molar-refractivity contribution is 5.92. The number of hydrogen-bond acceptors (Lipinski definition) is 3. The standard InChI is InChI=1S/C22H20F3N3O/c1-2-28(15-16-6-4-3-5-7-16)21(29)20-13-12-19(14-26-20)27-18-10-8-17(9-11-18)22(23,24)25/h3-14,27H,2,15H2,1H3. The first kappa shape index (κ1) is 20.4. The number of aromatic nitrogens is 1. The van der Waals surface area contributed by atoms with Gasteiger partial charge in [0.25, 0.3) is 5.91 Å². The van der Waals surface area contributed by atoms with Crippen LogP contribution < -0.4 is 5.32 Å². The first-order chi connectivity index (χ1) is 13.9. The second kappa shape index (κ2) is 8.77. The molecule has 1 heterocycles. The maximum absolute atomic E-state index is 12.7. The molecule has 1 aromatic heterocycles. The van der Waals surface area contributed by atoms with Gasteiger partial charge in [0.1, 0.15) is 5.69 Å². The maximum atomic E-state index is 12.7. The summed E-state index contributed by atoms with van der Waals surface area (Å²) in [5.41, 5.74) is 1.70. The first-order valence-electron chi connectivity index (χ1n) is 9.10. The fourth-order valence-corrected chi connectivity index (χ4v) is 2.80. The van der Waals surface area contributed by atoms with Crippen LogP contribution in [0.1, 0.15) is 28.5 Å². The Labute approximate surface area is 167 Å². The molecule has 0 aliphatic carbocycles. The van der Waals surface area contributed by atoms with E-state index >= 15 is 0 Å². The number of carbonyl (C=O) groups is 1. The van der Waals surface area contributed by atoms with Crippen molar-refractivity contribution in [2.24, 2.45) is 0 Å². The van der Waals surface area contributed by atoms with E-state index in [0.29, 0.717) is 30.2 Å². The molecule has 150 valence electrons. The van der Waals surface area contributed by atoms with Crippen LogP contribution >= 0.6 is 0 Å². The van der Waals surface area contributed by atoms with E-state index < -0.39 is 11.7 Å². The van der Waals surface area contributed by atoms with Crippen LogP contribution in [0.2, 0.25) is 0 Å². The lowest BCUT2D eigenvalue weighted by molar-refractivity contribution is -0.137. The fraction of sp³-hybridized carbons (Fsp3) is 0.182. The third-order valence-corrected chi connectivity index (χ3v) is 4.37.